The maximum absolute atomic E-state index is 12.1. The van der Waals surface area contributed by atoms with Crippen LogP contribution in [0.5, 0.6) is 5.75 Å². The summed E-state index contributed by atoms with van der Waals surface area (Å²) in [6, 6.07) is 13.6. The maximum atomic E-state index is 12.1. The number of carbonyl (C=O) groups excluding carboxylic acids is 1. The molecule has 0 radical (unpaired) electrons. The molecule has 98 valence electrons. The number of nitrogens with two attached hydrogens (primary N) is 1. The molecule has 1 fully saturated rings. The summed E-state index contributed by atoms with van der Waals surface area (Å²) < 4.78 is 5.49. The summed E-state index contributed by atoms with van der Waals surface area (Å²) in [4.78, 5) is 13.7. The number of rotatable bonds is 1. The van der Waals surface area contributed by atoms with E-state index in [4.69, 9.17) is 10.5 Å². The minimum Gasteiger partial charge on any atom is -0.410 e. The first-order valence-corrected chi connectivity index (χ1v) is 6.44. The number of hydrogen-bond acceptors (Lipinski definition) is 3. The van der Waals surface area contributed by atoms with Gasteiger partial charge in [-0.3, -0.25) is 0 Å². The van der Waals surface area contributed by atoms with Gasteiger partial charge in [0.1, 0.15) is 5.75 Å². The van der Waals surface area contributed by atoms with Gasteiger partial charge in [-0.05, 0) is 17.9 Å². The molecule has 4 heteroatoms. The first-order chi connectivity index (χ1) is 9.24. The summed E-state index contributed by atoms with van der Waals surface area (Å²) in [5.41, 5.74) is 5.80. The fourth-order valence-corrected chi connectivity index (χ4v) is 2.40. The molecule has 3 rings (SSSR count). The standard InChI is InChI=1S/C15H16N2O2/c16-12-8-9-17(10-12)15(18)19-14-7-3-5-11-4-1-2-6-13(11)14/h1-7,12H,8-10,16H2. The van der Waals surface area contributed by atoms with Crippen LogP contribution in [-0.4, -0.2) is 30.1 Å². The van der Waals surface area contributed by atoms with Crippen LogP contribution >= 0.6 is 0 Å². The summed E-state index contributed by atoms with van der Waals surface area (Å²) >= 11 is 0. The van der Waals surface area contributed by atoms with Crippen molar-refractivity contribution in [1.29, 1.82) is 0 Å². The Hall–Kier alpha value is -2.07. The van der Waals surface area contributed by atoms with Crippen LogP contribution in [0.25, 0.3) is 10.8 Å². The number of benzene rings is 2. The lowest BCUT2D eigenvalue weighted by Crippen LogP contribution is -2.34. The second-order valence-corrected chi connectivity index (χ2v) is 4.84. The second-order valence-electron chi connectivity index (χ2n) is 4.84. The third kappa shape index (κ3) is 2.39. The molecule has 0 spiro atoms. The van der Waals surface area contributed by atoms with Crippen molar-refractivity contribution >= 4 is 16.9 Å². The van der Waals surface area contributed by atoms with E-state index >= 15 is 0 Å². The van der Waals surface area contributed by atoms with Crippen molar-refractivity contribution in [3.05, 3.63) is 42.5 Å². The Kier molecular flexibility index (Phi) is 3.09. The van der Waals surface area contributed by atoms with Crippen LogP contribution in [-0.2, 0) is 0 Å². The molecule has 0 saturated carbocycles. The molecule has 0 aromatic heterocycles. The van der Waals surface area contributed by atoms with Gasteiger partial charge in [-0.2, -0.15) is 0 Å². The molecule has 1 aliphatic rings. The van der Waals surface area contributed by atoms with Gasteiger partial charge in [-0.25, -0.2) is 4.79 Å². The molecule has 0 bridgehead atoms. The zero-order chi connectivity index (χ0) is 13.2. The molecule has 0 aliphatic carbocycles. The van der Waals surface area contributed by atoms with Gasteiger partial charge in [0.25, 0.3) is 0 Å². The first kappa shape index (κ1) is 12.0. The van der Waals surface area contributed by atoms with Crippen LogP contribution in [0.15, 0.2) is 42.5 Å². The number of likely N-dealkylation sites (tertiary alicyclic amines) is 1. The van der Waals surface area contributed by atoms with E-state index < -0.39 is 0 Å². The highest BCUT2D eigenvalue weighted by atomic mass is 16.6. The third-order valence-electron chi connectivity index (χ3n) is 3.43. The van der Waals surface area contributed by atoms with E-state index in [0.717, 1.165) is 17.2 Å². The second kappa shape index (κ2) is 4.90. The van der Waals surface area contributed by atoms with Crippen LogP contribution in [0.3, 0.4) is 0 Å². The SMILES string of the molecule is NC1CCN(C(=O)Oc2cccc3ccccc23)C1. The van der Waals surface area contributed by atoms with Crippen molar-refractivity contribution in [2.75, 3.05) is 13.1 Å². The smallest absolute Gasteiger partial charge is 0.410 e. The summed E-state index contributed by atoms with van der Waals surface area (Å²) in [5.74, 6) is 0.601. The maximum Gasteiger partial charge on any atom is 0.415 e. The third-order valence-corrected chi connectivity index (χ3v) is 3.43. The van der Waals surface area contributed by atoms with Gasteiger partial charge in [0.15, 0.2) is 0 Å². The predicted molar refractivity (Wildman–Crippen MR) is 74.1 cm³/mol. The molecule has 1 unspecified atom stereocenters. The van der Waals surface area contributed by atoms with Gasteiger partial charge in [0, 0.05) is 24.5 Å². The Bertz CT molecular complexity index is 607. The summed E-state index contributed by atoms with van der Waals surface area (Å²) in [7, 11) is 0. The summed E-state index contributed by atoms with van der Waals surface area (Å²) in [6.07, 6.45) is 0.522. The van der Waals surface area contributed by atoms with Crippen LogP contribution < -0.4 is 10.5 Å². The zero-order valence-corrected chi connectivity index (χ0v) is 10.6. The van der Waals surface area contributed by atoms with E-state index in [1.54, 1.807) is 4.90 Å². The average molecular weight is 256 g/mol. The van der Waals surface area contributed by atoms with Crippen LogP contribution in [0, 0.1) is 0 Å². The lowest BCUT2D eigenvalue weighted by molar-refractivity contribution is 0.163. The molecule has 2 aromatic carbocycles. The van der Waals surface area contributed by atoms with E-state index in [-0.39, 0.29) is 12.1 Å². The number of ether oxygens (including phenoxy) is 1. The van der Waals surface area contributed by atoms with Crippen LogP contribution in [0.1, 0.15) is 6.42 Å². The minimum absolute atomic E-state index is 0.0695. The monoisotopic (exact) mass is 256 g/mol. The fraction of sp³-hybridized carbons (Fsp3) is 0.267. The van der Waals surface area contributed by atoms with Gasteiger partial charge in [0.2, 0.25) is 0 Å². The Morgan fingerprint density at radius 1 is 1.21 bits per heavy atom. The lowest BCUT2D eigenvalue weighted by Gasteiger charge is -2.16. The number of carbonyl (C=O) groups is 1. The molecule has 2 N–H and O–H groups in total. The van der Waals surface area contributed by atoms with Gasteiger partial charge in [-0.15, -0.1) is 0 Å². The van der Waals surface area contributed by atoms with Crippen molar-refractivity contribution in [1.82, 2.24) is 4.90 Å². The molecular formula is C15H16N2O2. The molecule has 1 saturated heterocycles. The molecule has 4 nitrogen and oxygen atoms in total. The minimum atomic E-state index is -0.315. The van der Waals surface area contributed by atoms with E-state index in [1.807, 2.05) is 42.5 Å². The lowest BCUT2D eigenvalue weighted by atomic mass is 10.1. The topological polar surface area (TPSA) is 55.6 Å². The van der Waals surface area contributed by atoms with Crippen molar-refractivity contribution in [2.45, 2.75) is 12.5 Å². The highest BCUT2D eigenvalue weighted by Gasteiger charge is 2.25. The fourth-order valence-electron chi connectivity index (χ4n) is 2.40. The highest BCUT2D eigenvalue weighted by molar-refractivity contribution is 5.90. The molecule has 19 heavy (non-hydrogen) atoms. The molecule has 1 heterocycles. The predicted octanol–water partition coefficient (Wildman–Crippen LogP) is 2.37. The highest BCUT2D eigenvalue weighted by Crippen LogP contribution is 2.26. The van der Waals surface area contributed by atoms with Crippen molar-refractivity contribution in [3.8, 4) is 5.75 Å². The van der Waals surface area contributed by atoms with E-state index in [0.29, 0.717) is 18.8 Å². The van der Waals surface area contributed by atoms with Gasteiger partial charge < -0.3 is 15.4 Å². The van der Waals surface area contributed by atoms with E-state index in [9.17, 15) is 4.79 Å². The Balaban J connectivity index is 1.83. The molecule has 1 amide bonds. The van der Waals surface area contributed by atoms with Crippen molar-refractivity contribution in [2.24, 2.45) is 5.73 Å². The summed E-state index contributed by atoms with van der Waals surface area (Å²) in [6.45, 7) is 1.24. The molecule has 1 aliphatic heterocycles. The summed E-state index contributed by atoms with van der Waals surface area (Å²) in [5, 5.41) is 2.01. The molecule has 1 atom stereocenters. The van der Waals surface area contributed by atoms with Gasteiger partial charge in [0.05, 0.1) is 0 Å². The quantitative estimate of drug-likeness (QED) is 0.852. The van der Waals surface area contributed by atoms with Crippen LogP contribution in [0.4, 0.5) is 4.79 Å². The van der Waals surface area contributed by atoms with Crippen molar-refractivity contribution < 1.29 is 9.53 Å². The zero-order valence-electron chi connectivity index (χ0n) is 10.6. The number of amides is 1. The number of nitrogens with zero attached hydrogens (tertiary/aromatic N) is 1. The van der Waals surface area contributed by atoms with E-state index in [2.05, 4.69) is 0 Å². The van der Waals surface area contributed by atoms with Gasteiger partial charge in [-0.1, -0.05) is 36.4 Å². The first-order valence-electron chi connectivity index (χ1n) is 6.44. The Morgan fingerprint density at radius 3 is 2.79 bits per heavy atom. The largest absolute Gasteiger partial charge is 0.415 e. The average Bonchev–Trinajstić information content (AvgIpc) is 2.86. The number of hydrogen-bond donors (Lipinski definition) is 1. The van der Waals surface area contributed by atoms with E-state index in [1.165, 1.54) is 0 Å². The normalized spacial score (nSPS) is 18.8. The molecular weight excluding hydrogens is 240 g/mol. The van der Waals surface area contributed by atoms with Crippen molar-refractivity contribution in [3.63, 3.8) is 0 Å². The molecule has 2 aromatic rings. The number of fused-ring (bicyclic) bond motifs is 1. The Morgan fingerprint density at radius 2 is 2.00 bits per heavy atom. The van der Waals surface area contributed by atoms with Gasteiger partial charge >= 0.3 is 6.09 Å². The Labute approximate surface area is 111 Å². The van der Waals surface area contributed by atoms with Crippen LogP contribution in [0.2, 0.25) is 0 Å².